The predicted molar refractivity (Wildman–Crippen MR) is 80.1 cm³/mol. The molecule has 0 spiro atoms. The number of nitrogens with zero attached hydrogens (tertiary/aromatic N) is 1. The maximum absolute atomic E-state index is 12.2. The highest BCUT2D eigenvalue weighted by Crippen LogP contribution is 2.29. The quantitative estimate of drug-likeness (QED) is 0.894. The maximum atomic E-state index is 12.2. The molecule has 2 amide bonds. The number of nitrogens with one attached hydrogen (secondary N) is 1. The number of fused-ring (bicyclic) bond motifs is 1. The van der Waals surface area contributed by atoms with Gasteiger partial charge in [-0.2, -0.15) is 0 Å². The van der Waals surface area contributed by atoms with E-state index in [1.54, 1.807) is 14.0 Å². The molecular weight excluding hydrogens is 268 g/mol. The summed E-state index contributed by atoms with van der Waals surface area (Å²) in [6, 6.07) is 7.96. The van der Waals surface area contributed by atoms with Crippen LogP contribution in [0, 0.1) is 5.92 Å². The van der Waals surface area contributed by atoms with Gasteiger partial charge in [-0.15, -0.1) is 0 Å². The Hall–Kier alpha value is -2.04. The fourth-order valence-electron chi connectivity index (χ4n) is 2.73. The van der Waals surface area contributed by atoms with E-state index in [0.717, 1.165) is 19.3 Å². The fourth-order valence-corrected chi connectivity index (χ4v) is 2.73. The Bertz CT molecular complexity index is 530. The third-order valence-corrected chi connectivity index (χ3v) is 3.98. The lowest BCUT2D eigenvalue weighted by molar-refractivity contribution is -0.141. The lowest BCUT2D eigenvalue weighted by Crippen LogP contribution is -2.42. The Morgan fingerprint density at radius 1 is 1.43 bits per heavy atom. The van der Waals surface area contributed by atoms with Crippen LogP contribution in [-0.2, 0) is 11.2 Å². The Morgan fingerprint density at radius 2 is 2.14 bits per heavy atom. The van der Waals surface area contributed by atoms with Crippen LogP contribution in [0.4, 0.5) is 4.79 Å². The van der Waals surface area contributed by atoms with Gasteiger partial charge in [-0.05, 0) is 30.4 Å². The number of hydrogen-bond acceptors (Lipinski definition) is 2. The summed E-state index contributed by atoms with van der Waals surface area (Å²) in [5, 5.41) is 11.9. The average Bonchev–Trinajstić information content (AvgIpc) is 2.47. The van der Waals surface area contributed by atoms with E-state index in [9.17, 15) is 9.59 Å². The van der Waals surface area contributed by atoms with E-state index in [1.807, 2.05) is 12.1 Å². The first-order valence-electron chi connectivity index (χ1n) is 7.31. The van der Waals surface area contributed by atoms with Crippen molar-refractivity contribution in [3.63, 3.8) is 0 Å². The van der Waals surface area contributed by atoms with Gasteiger partial charge >= 0.3 is 12.0 Å². The number of carbonyl (C=O) groups is 2. The molecule has 5 nitrogen and oxygen atoms in total. The van der Waals surface area contributed by atoms with Crippen molar-refractivity contribution in [3.8, 4) is 0 Å². The number of hydrogen-bond donors (Lipinski definition) is 2. The van der Waals surface area contributed by atoms with Crippen molar-refractivity contribution in [2.24, 2.45) is 5.92 Å². The first-order valence-corrected chi connectivity index (χ1v) is 7.31. The zero-order chi connectivity index (χ0) is 15.4. The van der Waals surface area contributed by atoms with Crippen molar-refractivity contribution in [3.05, 3.63) is 35.4 Å². The highest BCUT2D eigenvalue weighted by atomic mass is 16.4. The molecule has 0 saturated heterocycles. The molecule has 114 valence electrons. The summed E-state index contributed by atoms with van der Waals surface area (Å²) in [5.41, 5.74) is 2.47. The summed E-state index contributed by atoms with van der Waals surface area (Å²) < 4.78 is 0. The highest BCUT2D eigenvalue weighted by Gasteiger charge is 2.24. The fraction of sp³-hybridized carbons (Fsp3) is 0.500. The molecule has 2 rings (SSSR count). The van der Waals surface area contributed by atoms with E-state index in [1.165, 1.54) is 16.0 Å². The number of benzene rings is 1. The summed E-state index contributed by atoms with van der Waals surface area (Å²) >= 11 is 0. The molecule has 2 atom stereocenters. The number of carbonyl (C=O) groups excluding carboxylic acids is 1. The summed E-state index contributed by atoms with van der Waals surface area (Å²) in [6.45, 7) is 1.80. The van der Waals surface area contributed by atoms with Crippen LogP contribution in [0.3, 0.4) is 0 Å². The van der Waals surface area contributed by atoms with Gasteiger partial charge in [-0.25, -0.2) is 4.79 Å². The van der Waals surface area contributed by atoms with Crippen LogP contribution >= 0.6 is 0 Å². The van der Waals surface area contributed by atoms with Crippen LogP contribution in [0.1, 0.15) is 36.9 Å². The molecule has 1 aromatic rings. The van der Waals surface area contributed by atoms with Crippen molar-refractivity contribution >= 4 is 12.0 Å². The zero-order valence-electron chi connectivity index (χ0n) is 12.5. The van der Waals surface area contributed by atoms with Crippen LogP contribution in [0.2, 0.25) is 0 Å². The van der Waals surface area contributed by atoms with Gasteiger partial charge in [0.15, 0.2) is 0 Å². The Balaban J connectivity index is 1.99. The maximum Gasteiger partial charge on any atom is 0.317 e. The molecule has 0 aromatic heterocycles. The molecule has 21 heavy (non-hydrogen) atoms. The lowest BCUT2D eigenvalue weighted by Gasteiger charge is -2.29. The predicted octanol–water partition coefficient (Wildman–Crippen LogP) is 2.43. The number of carboxylic acids is 1. The SMILES string of the molecule is CC(CN(C)C(=O)NC1CCCc2ccccc21)C(=O)O. The van der Waals surface area contributed by atoms with Gasteiger partial charge in [0.05, 0.1) is 12.0 Å². The number of amides is 2. The van der Waals surface area contributed by atoms with Gasteiger partial charge in [0.2, 0.25) is 0 Å². The number of rotatable bonds is 4. The van der Waals surface area contributed by atoms with Gasteiger partial charge in [-0.3, -0.25) is 4.79 Å². The van der Waals surface area contributed by atoms with Gasteiger partial charge in [-0.1, -0.05) is 31.2 Å². The highest BCUT2D eigenvalue weighted by molar-refractivity contribution is 5.76. The van der Waals surface area contributed by atoms with Gasteiger partial charge in [0, 0.05) is 13.6 Å². The molecule has 0 saturated carbocycles. The van der Waals surface area contributed by atoms with Gasteiger partial charge in [0.25, 0.3) is 0 Å². The average molecular weight is 290 g/mol. The second-order valence-corrected chi connectivity index (χ2v) is 5.71. The zero-order valence-corrected chi connectivity index (χ0v) is 12.5. The van der Waals surface area contributed by atoms with Gasteiger partial charge < -0.3 is 15.3 Å². The minimum atomic E-state index is -0.891. The van der Waals surface area contributed by atoms with Crippen molar-refractivity contribution < 1.29 is 14.7 Å². The van der Waals surface area contributed by atoms with Gasteiger partial charge in [0.1, 0.15) is 0 Å². The largest absolute Gasteiger partial charge is 0.481 e. The molecule has 1 aromatic carbocycles. The normalized spacial score (nSPS) is 18.5. The minimum Gasteiger partial charge on any atom is -0.481 e. The summed E-state index contributed by atoms with van der Waals surface area (Å²) in [4.78, 5) is 24.5. The second kappa shape index (κ2) is 6.61. The molecule has 0 fully saturated rings. The van der Waals surface area contributed by atoms with Crippen LogP contribution in [0.25, 0.3) is 0 Å². The molecule has 2 unspecified atom stereocenters. The van der Waals surface area contributed by atoms with E-state index in [2.05, 4.69) is 17.4 Å². The van der Waals surface area contributed by atoms with E-state index in [4.69, 9.17) is 5.11 Å². The standard InChI is InChI=1S/C16H22N2O3/c1-11(15(19)20)10-18(2)16(21)17-14-9-5-7-12-6-3-4-8-13(12)14/h3-4,6,8,11,14H,5,7,9-10H2,1-2H3,(H,17,21)(H,19,20). The third-order valence-electron chi connectivity index (χ3n) is 3.98. The molecule has 1 aliphatic carbocycles. The Morgan fingerprint density at radius 3 is 2.86 bits per heavy atom. The van der Waals surface area contributed by atoms with E-state index in [0.29, 0.717) is 0 Å². The number of aliphatic carboxylic acids is 1. The van der Waals surface area contributed by atoms with E-state index in [-0.39, 0.29) is 18.6 Å². The second-order valence-electron chi connectivity index (χ2n) is 5.71. The van der Waals surface area contributed by atoms with Crippen LogP contribution in [0.15, 0.2) is 24.3 Å². The van der Waals surface area contributed by atoms with E-state index >= 15 is 0 Å². The summed E-state index contributed by atoms with van der Waals surface area (Å²) in [5.74, 6) is -1.46. The molecule has 0 radical (unpaired) electrons. The smallest absolute Gasteiger partial charge is 0.317 e. The molecule has 0 bridgehead atoms. The summed E-state index contributed by atoms with van der Waals surface area (Å²) in [7, 11) is 1.63. The number of carboxylic acid groups (broad SMARTS) is 1. The van der Waals surface area contributed by atoms with Crippen LogP contribution in [0.5, 0.6) is 0 Å². The molecule has 2 N–H and O–H groups in total. The van der Waals surface area contributed by atoms with Crippen molar-refractivity contribution in [1.82, 2.24) is 10.2 Å². The van der Waals surface area contributed by atoms with E-state index < -0.39 is 11.9 Å². The first-order chi connectivity index (χ1) is 9.99. The molecule has 5 heteroatoms. The minimum absolute atomic E-state index is 0.0186. The molecule has 0 heterocycles. The monoisotopic (exact) mass is 290 g/mol. The Kier molecular flexibility index (Phi) is 4.83. The Labute approximate surface area is 125 Å². The number of urea groups is 1. The third kappa shape index (κ3) is 3.74. The van der Waals surface area contributed by atoms with Crippen LogP contribution < -0.4 is 5.32 Å². The molecular formula is C16H22N2O3. The number of aryl methyl sites for hydroxylation is 1. The lowest BCUT2D eigenvalue weighted by atomic mass is 9.88. The van der Waals surface area contributed by atoms with Crippen molar-refractivity contribution in [2.75, 3.05) is 13.6 Å². The molecule has 0 aliphatic heterocycles. The van der Waals surface area contributed by atoms with Crippen molar-refractivity contribution in [1.29, 1.82) is 0 Å². The first kappa shape index (κ1) is 15.4. The van der Waals surface area contributed by atoms with Crippen LogP contribution in [-0.4, -0.2) is 35.6 Å². The van der Waals surface area contributed by atoms with Crippen molar-refractivity contribution in [2.45, 2.75) is 32.2 Å². The molecule has 1 aliphatic rings. The topological polar surface area (TPSA) is 69.6 Å². The summed E-state index contributed by atoms with van der Waals surface area (Å²) in [6.07, 6.45) is 3.02.